The zero-order valence-corrected chi connectivity index (χ0v) is 12.9. The van der Waals surface area contributed by atoms with Gasteiger partial charge in [0.25, 0.3) is 0 Å². The summed E-state index contributed by atoms with van der Waals surface area (Å²) in [6.07, 6.45) is 9.80. The van der Waals surface area contributed by atoms with Crippen LogP contribution in [0.15, 0.2) is 0 Å². The van der Waals surface area contributed by atoms with Crippen LogP contribution in [-0.4, -0.2) is 29.6 Å². The highest BCUT2D eigenvalue weighted by molar-refractivity contribution is 5.84. The largest absolute Gasteiger partial charge is 0.325 e. The summed E-state index contributed by atoms with van der Waals surface area (Å²) in [5, 5.41) is 3.56. The molecule has 2 fully saturated rings. The van der Waals surface area contributed by atoms with Gasteiger partial charge in [-0.25, -0.2) is 0 Å². The third-order valence-electron chi connectivity index (χ3n) is 4.85. The summed E-state index contributed by atoms with van der Waals surface area (Å²) >= 11 is 0. The van der Waals surface area contributed by atoms with E-state index < -0.39 is 0 Å². The Kier molecular flexibility index (Phi) is 4.88. The first kappa shape index (κ1) is 14.8. The smallest absolute Gasteiger partial charge is 0.241 e. The normalized spacial score (nSPS) is 30.3. The second kappa shape index (κ2) is 6.25. The fraction of sp³-hybridized carbons (Fsp3) is 0.938. The van der Waals surface area contributed by atoms with Gasteiger partial charge < -0.3 is 4.90 Å². The van der Waals surface area contributed by atoms with Crippen molar-refractivity contribution in [1.82, 2.24) is 10.2 Å². The first-order chi connectivity index (χ1) is 9.09. The van der Waals surface area contributed by atoms with Gasteiger partial charge in [0, 0.05) is 6.54 Å². The second-order valence-corrected chi connectivity index (χ2v) is 6.80. The summed E-state index contributed by atoms with van der Waals surface area (Å²) in [6.45, 7) is 7.69. The first-order valence-electron chi connectivity index (χ1n) is 8.16. The average Bonchev–Trinajstić information content (AvgIpc) is 2.91. The van der Waals surface area contributed by atoms with E-state index in [0.29, 0.717) is 11.3 Å². The average molecular weight is 266 g/mol. The molecule has 1 aliphatic heterocycles. The molecule has 2 aliphatic rings. The molecule has 0 aromatic heterocycles. The molecule has 0 aromatic rings. The minimum atomic E-state index is 0.0755. The Bertz CT molecular complexity index is 310. The van der Waals surface area contributed by atoms with Crippen LogP contribution in [0.1, 0.15) is 72.1 Å². The summed E-state index contributed by atoms with van der Waals surface area (Å²) < 4.78 is 0. The number of nitrogens with zero attached hydrogens (tertiary/aromatic N) is 1. The maximum atomic E-state index is 12.6. The van der Waals surface area contributed by atoms with Gasteiger partial charge in [0.05, 0.1) is 12.2 Å². The lowest BCUT2D eigenvalue weighted by Gasteiger charge is -2.33. The summed E-state index contributed by atoms with van der Waals surface area (Å²) in [5.74, 6) is 0.355. The van der Waals surface area contributed by atoms with Crippen molar-refractivity contribution in [2.24, 2.45) is 5.41 Å². The third-order valence-corrected chi connectivity index (χ3v) is 4.85. The number of hydrogen-bond acceptors (Lipinski definition) is 2. The summed E-state index contributed by atoms with van der Waals surface area (Å²) in [5.41, 5.74) is 0.366. The predicted octanol–water partition coefficient (Wildman–Crippen LogP) is 3.29. The second-order valence-electron chi connectivity index (χ2n) is 6.80. The zero-order chi connectivity index (χ0) is 13.9. The van der Waals surface area contributed by atoms with Gasteiger partial charge in [0.1, 0.15) is 0 Å². The van der Waals surface area contributed by atoms with Crippen LogP contribution in [0.3, 0.4) is 0 Å². The van der Waals surface area contributed by atoms with E-state index in [2.05, 4.69) is 31.0 Å². The van der Waals surface area contributed by atoms with Crippen LogP contribution in [0.4, 0.5) is 0 Å². The summed E-state index contributed by atoms with van der Waals surface area (Å²) in [4.78, 5) is 14.7. The Balaban J connectivity index is 2.03. The Labute approximate surface area is 118 Å². The van der Waals surface area contributed by atoms with E-state index in [-0.39, 0.29) is 12.2 Å². The molecule has 0 radical (unpaired) electrons. The molecule has 3 heteroatoms. The van der Waals surface area contributed by atoms with Crippen LogP contribution in [0.5, 0.6) is 0 Å². The molecule has 19 heavy (non-hydrogen) atoms. The lowest BCUT2D eigenvalue weighted by molar-refractivity contribution is -0.131. The highest BCUT2D eigenvalue weighted by Crippen LogP contribution is 2.39. The highest BCUT2D eigenvalue weighted by atomic mass is 16.2. The minimum absolute atomic E-state index is 0.0755. The molecule has 0 spiro atoms. The topological polar surface area (TPSA) is 32.3 Å². The van der Waals surface area contributed by atoms with Crippen LogP contribution in [0.25, 0.3) is 0 Å². The lowest BCUT2D eigenvalue weighted by atomic mass is 9.88. The number of carbonyl (C=O) groups is 1. The molecule has 0 aromatic carbocycles. The van der Waals surface area contributed by atoms with Crippen molar-refractivity contribution in [3.05, 3.63) is 0 Å². The van der Waals surface area contributed by atoms with E-state index in [1.807, 2.05) is 0 Å². The van der Waals surface area contributed by atoms with Gasteiger partial charge >= 0.3 is 0 Å². The molecule has 1 heterocycles. The molecule has 1 amide bonds. The van der Waals surface area contributed by atoms with Gasteiger partial charge in [-0.1, -0.05) is 46.5 Å². The Morgan fingerprint density at radius 3 is 2.42 bits per heavy atom. The molecule has 110 valence electrons. The molecule has 2 atom stereocenters. The molecule has 1 saturated heterocycles. The third kappa shape index (κ3) is 3.31. The summed E-state index contributed by atoms with van der Waals surface area (Å²) in [7, 11) is 0. The van der Waals surface area contributed by atoms with Crippen molar-refractivity contribution < 1.29 is 4.79 Å². The Morgan fingerprint density at radius 1 is 1.21 bits per heavy atom. The van der Waals surface area contributed by atoms with E-state index in [1.165, 1.54) is 25.7 Å². The molecule has 1 N–H and O–H groups in total. The quantitative estimate of drug-likeness (QED) is 0.800. The number of hydrogen-bond donors (Lipinski definition) is 1. The van der Waals surface area contributed by atoms with Gasteiger partial charge in [-0.2, -0.15) is 0 Å². The fourth-order valence-corrected chi connectivity index (χ4v) is 3.74. The maximum absolute atomic E-state index is 12.6. The predicted molar refractivity (Wildman–Crippen MR) is 78.8 cm³/mol. The lowest BCUT2D eigenvalue weighted by Crippen LogP contribution is -2.43. The van der Waals surface area contributed by atoms with E-state index in [4.69, 9.17) is 0 Å². The summed E-state index contributed by atoms with van der Waals surface area (Å²) in [6, 6.07) is 0.0755. The van der Waals surface area contributed by atoms with Gasteiger partial charge in [-0.3, -0.25) is 10.1 Å². The van der Waals surface area contributed by atoms with Gasteiger partial charge in [-0.15, -0.1) is 0 Å². The molecular formula is C16H30N2O. The SMILES string of the molecule is CCCC1NC(CCC)N(CC2(C)CCCC2)C1=O. The molecule has 1 saturated carbocycles. The van der Waals surface area contributed by atoms with E-state index in [9.17, 15) is 4.79 Å². The number of nitrogens with one attached hydrogen (secondary N) is 1. The van der Waals surface area contributed by atoms with Crippen LogP contribution >= 0.6 is 0 Å². The molecule has 2 rings (SSSR count). The van der Waals surface area contributed by atoms with Gasteiger partial charge in [0.15, 0.2) is 0 Å². The molecule has 3 nitrogen and oxygen atoms in total. The van der Waals surface area contributed by atoms with Crippen LogP contribution in [0, 0.1) is 5.41 Å². The first-order valence-corrected chi connectivity index (χ1v) is 8.16. The Hall–Kier alpha value is -0.570. The van der Waals surface area contributed by atoms with Crippen molar-refractivity contribution in [2.45, 2.75) is 84.3 Å². The van der Waals surface area contributed by atoms with Crippen molar-refractivity contribution >= 4 is 5.91 Å². The standard InChI is InChI=1S/C16H30N2O/c1-4-8-13-15(19)18(14(17-13)9-5-2)12-16(3)10-6-7-11-16/h13-14,17H,4-12H2,1-3H3. The Morgan fingerprint density at radius 2 is 1.84 bits per heavy atom. The van der Waals surface area contributed by atoms with Gasteiger partial charge in [-0.05, 0) is 31.1 Å². The van der Waals surface area contributed by atoms with Crippen LogP contribution in [0.2, 0.25) is 0 Å². The zero-order valence-electron chi connectivity index (χ0n) is 12.9. The van der Waals surface area contributed by atoms with Crippen molar-refractivity contribution in [2.75, 3.05) is 6.54 Å². The van der Waals surface area contributed by atoms with Gasteiger partial charge in [0.2, 0.25) is 5.91 Å². The number of rotatable bonds is 6. The van der Waals surface area contributed by atoms with E-state index in [1.54, 1.807) is 0 Å². The van der Waals surface area contributed by atoms with Crippen molar-refractivity contribution in [3.8, 4) is 0 Å². The van der Waals surface area contributed by atoms with Crippen LogP contribution in [-0.2, 0) is 4.79 Å². The monoisotopic (exact) mass is 266 g/mol. The highest BCUT2D eigenvalue weighted by Gasteiger charge is 2.41. The van der Waals surface area contributed by atoms with E-state index >= 15 is 0 Å². The number of carbonyl (C=O) groups excluding carboxylic acids is 1. The molecule has 0 bridgehead atoms. The van der Waals surface area contributed by atoms with E-state index in [0.717, 1.165) is 32.2 Å². The molecule has 1 aliphatic carbocycles. The van der Waals surface area contributed by atoms with Crippen molar-refractivity contribution in [3.63, 3.8) is 0 Å². The fourth-order valence-electron chi connectivity index (χ4n) is 3.74. The molecule has 2 unspecified atom stereocenters. The van der Waals surface area contributed by atoms with Crippen molar-refractivity contribution in [1.29, 1.82) is 0 Å². The minimum Gasteiger partial charge on any atom is -0.325 e. The molecular weight excluding hydrogens is 236 g/mol. The number of amides is 1. The van der Waals surface area contributed by atoms with Crippen LogP contribution < -0.4 is 5.32 Å². The maximum Gasteiger partial charge on any atom is 0.241 e.